The molecule has 0 saturated carbocycles. The minimum Gasteiger partial charge on any atom is -0.482 e. The van der Waals surface area contributed by atoms with Crippen molar-refractivity contribution in [1.82, 2.24) is 0 Å². The largest absolute Gasteiger partial charge is 0.482 e. The maximum absolute atomic E-state index is 12.8. The highest BCUT2D eigenvalue weighted by Crippen LogP contribution is 2.35. The molecule has 5 rings (SSSR count). The van der Waals surface area contributed by atoms with Crippen molar-refractivity contribution in [1.29, 1.82) is 0 Å². The monoisotopic (exact) mass is 426 g/mol. The standard InChI is InChI=1S/C25H18N2O5/c28-23-15-31-22-11-10-18(13-20(22)27(23)14-16-6-2-1-3-7-16)26-24(29)19-12-17-8-4-5-9-21(17)32-25(19)30/h1-13H,14-15H2,(H,26,29). The second-order valence-electron chi connectivity index (χ2n) is 7.38. The van der Waals surface area contributed by atoms with Gasteiger partial charge >= 0.3 is 5.63 Å². The Hall–Kier alpha value is -4.39. The molecule has 0 saturated heterocycles. The normalized spacial score (nSPS) is 12.9. The smallest absolute Gasteiger partial charge is 0.349 e. The Bertz CT molecular complexity index is 1390. The van der Waals surface area contributed by atoms with Gasteiger partial charge in [0.2, 0.25) is 0 Å². The van der Waals surface area contributed by atoms with Gasteiger partial charge < -0.3 is 19.4 Å². The van der Waals surface area contributed by atoms with Gasteiger partial charge in [0.15, 0.2) is 6.61 Å². The predicted molar refractivity (Wildman–Crippen MR) is 120 cm³/mol. The molecule has 2 heterocycles. The first kappa shape index (κ1) is 19.6. The molecular formula is C25H18N2O5. The van der Waals surface area contributed by atoms with Crippen LogP contribution in [0.3, 0.4) is 0 Å². The van der Waals surface area contributed by atoms with Crippen LogP contribution in [0.2, 0.25) is 0 Å². The highest BCUT2D eigenvalue weighted by atomic mass is 16.5. The zero-order chi connectivity index (χ0) is 22.1. The Morgan fingerprint density at radius 2 is 1.72 bits per heavy atom. The van der Waals surface area contributed by atoms with E-state index in [1.807, 2.05) is 30.3 Å². The maximum atomic E-state index is 12.8. The van der Waals surface area contributed by atoms with E-state index in [4.69, 9.17) is 9.15 Å². The molecule has 7 heteroatoms. The lowest BCUT2D eigenvalue weighted by atomic mass is 10.1. The average Bonchev–Trinajstić information content (AvgIpc) is 2.81. The fourth-order valence-corrected chi connectivity index (χ4v) is 3.64. The molecule has 3 aromatic carbocycles. The summed E-state index contributed by atoms with van der Waals surface area (Å²) in [6, 6.07) is 23.1. The van der Waals surface area contributed by atoms with E-state index in [1.54, 1.807) is 47.4 Å². The van der Waals surface area contributed by atoms with Crippen LogP contribution in [0.25, 0.3) is 11.0 Å². The molecule has 158 valence electrons. The molecule has 1 aliphatic rings. The van der Waals surface area contributed by atoms with E-state index < -0.39 is 11.5 Å². The summed E-state index contributed by atoms with van der Waals surface area (Å²) in [5.41, 5.74) is 1.54. The first-order valence-electron chi connectivity index (χ1n) is 10.0. The van der Waals surface area contributed by atoms with Crippen molar-refractivity contribution < 1.29 is 18.7 Å². The topological polar surface area (TPSA) is 88.8 Å². The molecule has 32 heavy (non-hydrogen) atoms. The minimum absolute atomic E-state index is 0.0519. The third-order valence-electron chi connectivity index (χ3n) is 5.23. The van der Waals surface area contributed by atoms with Crippen LogP contribution < -0.4 is 20.6 Å². The lowest BCUT2D eigenvalue weighted by Crippen LogP contribution is -2.38. The molecule has 7 nitrogen and oxygen atoms in total. The van der Waals surface area contributed by atoms with Crippen LogP contribution in [0, 0.1) is 0 Å². The van der Waals surface area contributed by atoms with Crippen molar-refractivity contribution in [3.8, 4) is 5.75 Å². The Morgan fingerprint density at radius 3 is 2.56 bits per heavy atom. The number of rotatable bonds is 4. The van der Waals surface area contributed by atoms with Gasteiger partial charge in [-0.2, -0.15) is 0 Å². The number of carbonyl (C=O) groups excluding carboxylic acids is 2. The Morgan fingerprint density at radius 1 is 0.938 bits per heavy atom. The van der Waals surface area contributed by atoms with Crippen LogP contribution >= 0.6 is 0 Å². The lowest BCUT2D eigenvalue weighted by molar-refractivity contribution is -0.121. The number of anilines is 2. The van der Waals surface area contributed by atoms with Crippen molar-refractivity contribution in [2.45, 2.75) is 6.54 Å². The highest BCUT2D eigenvalue weighted by Gasteiger charge is 2.26. The lowest BCUT2D eigenvalue weighted by Gasteiger charge is -2.30. The van der Waals surface area contributed by atoms with Gasteiger partial charge in [-0.1, -0.05) is 48.5 Å². The number of nitrogens with one attached hydrogen (secondary N) is 1. The molecule has 1 aromatic heterocycles. The van der Waals surface area contributed by atoms with Crippen molar-refractivity contribution in [2.24, 2.45) is 0 Å². The Kier molecular flexibility index (Phi) is 4.91. The average molecular weight is 426 g/mol. The van der Waals surface area contributed by atoms with Gasteiger partial charge in [0.25, 0.3) is 11.8 Å². The van der Waals surface area contributed by atoms with Gasteiger partial charge in [0.1, 0.15) is 16.9 Å². The van der Waals surface area contributed by atoms with Gasteiger partial charge in [0, 0.05) is 11.1 Å². The third-order valence-corrected chi connectivity index (χ3v) is 5.23. The summed E-state index contributed by atoms with van der Waals surface area (Å²) in [5.74, 6) is -0.231. The quantitative estimate of drug-likeness (QED) is 0.499. The van der Waals surface area contributed by atoms with E-state index >= 15 is 0 Å². The van der Waals surface area contributed by atoms with E-state index in [9.17, 15) is 14.4 Å². The summed E-state index contributed by atoms with van der Waals surface area (Å²) < 4.78 is 10.8. The molecule has 1 aliphatic heterocycles. The fourth-order valence-electron chi connectivity index (χ4n) is 3.64. The van der Waals surface area contributed by atoms with Gasteiger partial charge in [0.05, 0.1) is 12.2 Å². The summed E-state index contributed by atoms with van der Waals surface area (Å²) in [6.07, 6.45) is 0. The SMILES string of the molecule is O=C(Nc1ccc2c(c1)N(Cc1ccccc1)C(=O)CO2)c1cc2ccccc2oc1=O. The molecule has 0 atom stereocenters. The van der Waals surface area contributed by atoms with Crippen molar-refractivity contribution in [3.05, 3.63) is 100 Å². The number of nitrogens with zero attached hydrogens (tertiary/aromatic N) is 1. The maximum Gasteiger partial charge on any atom is 0.349 e. The molecule has 0 bridgehead atoms. The van der Waals surface area contributed by atoms with Gasteiger partial charge in [-0.05, 0) is 35.9 Å². The third kappa shape index (κ3) is 3.72. The second kappa shape index (κ2) is 8.03. The summed E-state index contributed by atoms with van der Waals surface area (Å²) >= 11 is 0. The highest BCUT2D eigenvalue weighted by molar-refractivity contribution is 6.06. The van der Waals surface area contributed by atoms with Crippen LogP contribution in [0.15, 0.2) is 88.1 Å². The molecular weight excluding hydrogens is 408 g/mol. The van der Waals surface area contributed by atoms with Crippen molar-refractivity contribution in [3.63, 3.8) is 0 Å². The van der Waals surface area contributed by atoms with E-state index in [0.717, 1.165) is 5.56 Å². The van der Waals surface area contributed by atoms with Crippen molar-refractivity contribution >= 4 is 34.2 Å². The minimum atomic E-state index is -0.719. The number of hydrogen-bond acceptors (Lipinski definition) is 5. The van der Waals surface area contributed by atoms with E-state index in [0.29, 0.717) is 34.6 Å². The molecule has 2 amide bonds. The predicted octanol–water partition coefficient (Wildman–Crippen LogP) is 3.97. The van der Waals surface area contributed by atoms with E-state index in [-0.39, 0.29) is 18.1 Å². The number of benzene rings is 3. The Labute approximate surface area is 182 Å². The van der Waals surface area contributed by atoms with Crippen molar-refractivity contribution in [2.75, 3.05) is 16.8 Å². The number of fused-ring (bicyclic) bond motifs is 2. The first-order chi connectivity index (χ1) is 15.6. The van der Waals surface area contributed by atoms with Crippen LogP contribution in [0.1, 0.15) is 15.9 Å². The zero-order valence-electron chi connectivity index (χ0n) is 16.9. The summed E-state index contributed by atoms with van der Waals surface area (Å²) in [5, 5.41) is 3.37. The van der Waals surface area contributed by atoms with Gasteiger partial charge in [-0.25, -0.2) is 4.79 Å². The number of hydrogen-bond donors (Lipinski definition) is 1. The van der Waals surface area contributed by atoms with E-state index in [2.05, 4.69) is 5.32 Å². The molecule has 0 aliphatic carbocycles. The van der Waals surface area contributed by atoms with E-state index in [1.165, 1.54) is 6.07 Å². The first-order valence-corrected chi connectivity index (χ1v) is 10.0. The number of carbonyl (C=O) groups is 2. The van der Waals surface area contributed by atoms with Crippen LogP contribution in [-0.4, -0.2) is 18.4 Å². The summed E-state index contributed by atoms with van der Waals surface area (Å²) in [4.78, 5) is 39.3. The molecule has 0 fully saturated rings. The van der Waals surface area contributed by atoms with Crippen LogP contribution in [0.5, 0.6) is 5.75 Å². The zero-order valence-corrected chi connectivity index (χ0v) is 16.9. The molecule has 0 radical (unpaired) electrons. The number of amides is 2. The molecule has 1 N–H and O–H groups in total. The summed E-state index contributed by atoms with van der Waals surface area (Å²) in [6.45, 7) is 0.325. The van der Waals surface area contributed by atoms with Crippen LogP contribution in [-0.2, 0) is 11.3 Å². The summed E-state index contributed by atoms with van der Waals surface area (Å²) in [7, 11) is 0. The van der Waals surface area contributed by atoms with Gasteiger partial charge in [-0.3, -0.25) is 9.59 Å². The Balaban J connectivity index is 1.44. The van der Waals surface area contributed by atoms with Gasteiger partial charge in [-0.15, -0.1) is 0 Å². The van der Waals surface area contributed by atoms with Crippen LogP contribution in [0.4, 0.5) is 11.4 Å². The molecule has 0 unspecified atom stereocenters. The molecule has 4 aromatic rings. The number of ether oxygens (including phenoxy) is 1. The number of para-hydroxylation sites is 1. The molecule has 0 spiro atoms. The second-order valence-corrected chi connectivity index (χ2v) is 7.38. The fraction of sp³-hybridized carbons (Fsp3) is 0.0800.